The summed E-state index contributed by atoms with van der Waals surface area (Å²) in [5, 5.41) is 3.04. The number of nitrogens with one attached hydrogen (secondary N) is 1. The van der Waals surface area contributed by atoms with Crippen molar-refractivity contribution in [1.82, 2.24) is 10.2 Å². The van der Waals surface area contributed by atoms with Crippen molar-refractivity contribution in [3.05, 3.63) is 0 Å². The normalized spacial score (nSPS) is 19.0. The Bertz CT molecular complexity index is 339. The summed E-state index contributed by atoms with van der Waals surface area (Å²) in [6, 6.07) is 0.0827. The zero-order valence-electron chi connectivity index (χ0n) is 12.9. The third kappa shape index (κ3) is 5.77. The van der Waals surface area contributed by atoms with Crippen LogP contribution in [0.2, 0.25) is 0 Å². The molecular weight excluding hydrogens is 260 g/mol. The number of hydrogen-bond donors (Lipinski definition) is 1. The lowest BCUT2D eigenvalue weighted by Crippen LogP contribution is -2.44. The third-order valence-corrected chi connectivity index (χ3v) is 2.96. The first-order valence-corrected chi connectivity index (χ1v) is 7.19. The maximum Gasteiger partial charge on any atom is 0.410 e. The number of carbonyl (C=O) groups is 2. The molecule has 0 spiro atoms. The molecule has 1 aliphatic rings. The summed E-state index contributed by atoms with van der Waals surface area (Å²) in [5.41, 5.74) is -0.484. The van der Waals surface area contributed by atoms with Crippen LogP contribution in [0.3, 0.4) is 0 Å². The molecule has 1 rings (SSSR count). The highest BCUT2D eigenvalue weighted by atomic mass is 16.6. The van der Waals surface area contributed by atoms with Gasteiger partial charge in [0.25, 0.3) is 0 Å². The van der Waals surface area contributed by atoms with E-state index in [9.17, 15) is 9.59 Å². The van der Waals surface area contributed by atoms with Gasteiger partial charge in [0.05, 0.1) is 13.2 Å². The Morgan fingerprint density at radius 1 is 1.35 bits per heavy atom. The molecule has 0 aliphatic carbocycles. The second-order valence-electron chi connectivity index (χ2n) is 5.91. The summed E-state index contributed by atoms with van der Waals surface area (Å²) in [7, 11) is 0. The SMILES string of the molecule is CCOC(=O)CNC[C@@H]1CCCN1C(=O)OC(C)(C)C. The van der Waals surface area contributed by atoms with Gasteiger partial charge >= 0.3 is 12.1 Å². The van der Waals surface area contributed by atoms with Crippen molar-refractivity contribution >= 4 is 12.1 Å². The average molecular weight is 286 g/mol. The molecule has 0 radical (unpaired) electrons. The van der Waals surface area contributed by atoms with E-state index < -0.39 is 5.60 Å². The van der Waals surface area contributed by atoms with Gasteiger partial charge in [0.15, 0.2) is 0 Å². The lowest BCUT2D eigenvalue weighted by atomic mass is 10.2. The van der Waals surface area contributed by atoms with Gasteiger partial charge in [0.2, 0.25) is 0 Å². The average Bonchev–Trinajstić information content (AvgIpc) is 2.75. The highest BCUT2D eigenvalue weighted by molar-refractivity contribution is 5.71. The largest absolute Gasteiger partial charge is 0.465 e. The van der Waals surface area contributed by atoms with Crippen molar-refractivity contribution in [3.8, 4) is 0 Å². The van der Waals surface area contributed by atoms with Gasteiger partial charge in [-0.2, -0.15) is 0 Å². The smallest absolute Gasteiger partial charge is 0.410 e. The van der Waals surface area contributed by atoms with Crippen molar-refractivity contribution in [1.29, 1.82) is 0 Å². The third-order valence-electron chi connectivity index (χ3n) is 2.96. The molecule has 0 aromatic carbocycles. The van der Waals surface area contributed by atoms with E-state index in [1.807, 2.05) is 20.8 Å². The first-order chi connectivity index (χ1) is 9.33. The Hall–Kier alpha value is -1.30. The molecule has 1 aliphatic heterocycles. The van der Waals surface area contributed by atoms with E-state index in [2.05, 4.69) is 5.32 Å². The second kappa shape index (κ2) is 7.47. The molecule has 20 heavy (non-hydrogen) atoms. The Morgan fingerprint density at radius 2 is 2.05 bits per heavy atom. The van der Waals surface area contributed by atoms with E-state index in [-0.39, 0.29) is 24.6 Å². The molecule has 1 saturated heterocycles. The quantitative estimate of drug-likeness (QED) is 0.776. The molecule has 1 amide bonds. The van der Waals surface area contributed by atoms with Gasteiger partial charge in [-0.1, -0.05) is 0 Å². The molecule has 0 saturated carbocycles. The van der Waals surface area contributed by atoms with Crippen LogP contribution in [0.1, 0.15) is 40.5 Å². The number of amides is 1. The van der Waals surface area contributed by atoms with E-state index in [4.69, 9.17) is 9.47 Å². The van der Waals surface area contributed by atoms with Crippen LogP contribution < -0.4 is 5.32 Å². The maximum absolute atomic E-state index is 12.1. The Morgan fingerprint density at radius 3 is 2.65 bits per heavy atom. The lowest BCUT2D eigenvalue weighted by molar-refractivity contribution is -0.142. The summed E-state index contributed by atoms with van der Waals surface area (Å²) in [4.78, 5) is 25.0. The van der Waals surface area contributed by atoms with Crippen molar-refractivity contribution < 1.29 is 19.1 Å². The summed E-state index contributed by atoms with van der Waals surface area (Å²) < 4.78 is 10.2. The number of nitrogens with zero attached hydrogens (tertiary/aromatic N) is 1. The van der Waals surface area contributed by atoms with Crippen LogP contribution in [0.5, 0.6) is 0 Å². The molecule has 6 nitrogen and oxygen atoms in total. The Labute approximate surface area is 120 Å². The highest BCUT2D eigenvalue weighted by Crippen LogP contribution is 2.20. The van der Waals surface area contributed by atoms with Crippen LogP contribution in [0.15, 0.2) is 0 Å². The van der Waals surface area contributed by atoms with E-state index >= 15 is 0 Å². The van der Waals surface area contributed by atoms with Crippen LogP contribution in [0.25, 0.3) is 0 Å². The summed E-state index contributed by atoms with van der Waals surface area (Å²) in [6.45, 7) is 9.19. The summed E-state index contributed by atoms with van der Waals surface area (Å²) in [5.74, 6) is -0.269. The monoisotopic (exact) mass is 286 g/mol. The number of likely N-dealkylation sites (tertiary alicyclic amines) is 1. The van der Waals surface area contributed by atoms with E-state index in [0.29, 0.717) is 19.7 Å². The van der Waals surface area contributed by atoms with Gasteiger partial charge in [0, 0.05) is 19.1 Å². The molecule has 0 unspecified atom stereocenters. The predicted octanol–water partition coefficient (Wildman–Crippen LogP) is 1.54. The fourth-order valence-corrected chi connectivity index (χ4v) is 2.16. The fraction of sp³-hybridized carbons (Fsp3) is 0.857. The molecule has 1 heterocycles. The van der Waals surface area contributed by atoms with Crippen molar-refractivity contribution in [3.63, 3.8) is 0 Å². The molecule has 1 fully saturated rings. The molecule has 1 N–H and O–H groups in total. The molecule has 0 aromatic rings. The van der Waals surface area contributed by atoms with Gasteiger partial charge in [-0.05, 0) is 40.5 Å². The maximum atomic E-state index is 12.1. The van der Waals surface area contributed by atoms with Gasteiger partial charge in [-0.15, -0.1) is 0 Å². The van der Waals surface area contributed by atoms with E-state index in [1.54, 1.807) is 11.8 Å². The van der Waals surface area contributed by atoms with Crippen molar-refractivity contribution in [2.45, 2.75) is 52.2 Å². The van der Waals surface area contributed by atoms with Gasteiger partial charge in [-0.3, -0.25) is 4.79 Å². The van der Waals surface area contributed by atoms with Crippen molar-refractivity contribution in [2.24, 2.45) is 0 Å². The van der Waals surface area contributed by atoms with Gasteiger partial charge < -0.3 is 19.7 Å². The van der Waals surface area contributed by atoms with E-state index in [0.717, 1.165) is 12.8 Å². The second-order valence-corrected chi connectivity index (χ2v) is 5.91. The lowest BCUT2D eigenvalue weighted by Gasteiger charge is -2.28. The predicted molar refractivity (Wildman–Crippen MR) is 75.5 cm³/mol. The van der Waals surface area contributed by atoms with Crippen LogP contribution in [-0.4, -0.2) is 54.8 Å². The van der Waals surface area contributed by atoms with Gasteiger partial charge in [-0.25, -0.2) is 4.79 Å². The fourth-order valence-electron chi connectivity index (χ4n) is 2.16. The first kappa shape index (κ1) is 16.8. The minimum absolute atomic E-state index is 0.0827. The number of ether oxygens (including phenoxy) is 2. The van der Waals surface area contributed by atoms with E-state index in [1.165, 1.54) is 0 Å². The highest BCUT2D eigenvalue weighted by Gasteiger charge is 2.31. The summed E-state index contributed by atoms with van der Waals surface area (Å²) in [6.07, 6.45) is 1.61. The van der Waals surface area contributed by atoms with Crippen molar-refractivity contribution in [2.75, 3.05) is 26.2 Å². The topological polar surface area (TPSA) is 67.9 Å². The van der Waals surface area contributed by atoms with Crippen LogP contribution in [-0.2, 0) is 14.3 Å². The number of rotatable bonds is 5. The summed E-state index contributed by atoms with van der Waals surface area (Å²) >= 11 is 0. The van der Waals surface area contributed by atoms with Crippen LogP contribution >= 0.6 is 0 Å². The molecular formula is C14H26N2O4. The van der Waals surface area contributed by atoms with Gasteiger partial charge in [0.1, 0.15) is 5.60 Å². The van der Waals surface area contributed by atoms with Crippen LogP contribution in [0.4, 0.5) is 4.79 Å². The first-order valence-electron chi connectivity index (χ1n) is 7.19. The molecule has 0 aromatic heterocycles. The minimum atomic E-state index is -0.484. The number of hydrogen-bond acceptors (Lipinski definition) is 5. The Balaban J connectivity index is 2.37. The molecule has 116 valence electrons. The molecule has 0 bridgehead atoms. The molecule has 6 heteroatoms. The Kier molecular flexibility index (Phi) is 6.26. The zero-order valence-corrected chi connectivity index (χ0v) is 12.9. The zero-order chi connectivity index (χ0) is 15.2. The van der Waals surface area contributed by atoms with Crippen LogP contribution in [0, 0.1) is 0 Å². The minimum Gasteiger partial charge on any atom is -0.465 e. The standard InChI is InChI=1S/C14H26N2O4/c1-5-19-12(17)10-15-9-11-7-6-8-16(11)13(18)20-14(2,3)4/h11,15H,5-10H2,1-4H3/t11-/m0/s1. The number of carbonyl (C=O) groups excluding carboxylic acids is 2. The number of esters is 1. The molecule has 1 atom stereocenters.